The van der Waals surface area contributed by atoms with E-state index in [1.54, 1.807) is 7.05 Å². The lowest BCUT2D eigenvalue weighted by Crippen LogP contribution is -2.14. The monoisotopic (exact) mass is 195 g/mol. The standard InChI is InChI=1S/C8H10N3OP/c1-11-9-8(10-13(11)12)7-5-3-2-4-6-7/h2-6,12H,1H3,(H,9,10). The van der Waals surface area contributed by atoms with E-state index in [1.807, 2.05) is 30.3 Å². The molecule has 2 N–H and O–H groups in total. The third-order valence-corrected chi connectivity index (χ3v) is 2.82. The molecule has 0 spiro atoms. The molecular formula is C8H10N3OP. The minimum atomic E-state index is -1.31. The molecule has 2 rings (SSSR count). The van der Waals surface area contributed by atoms with E-state index in [0.717, 1.165) is 11.4 Å². The number of rotatable bonds is 1. The summed E-state index contributed by atoms with van der Waals surface area (Å²) in [5, 5.41) is 7.07. The first kappa shape index (κ1) is 8.48. The van der Waals surface area contributed by atoms with Crippen molar-refractivity contribution in [2.75, 3.05) is 7.05 Å². The topological polar surface area (TPSA) is 47.9 Å². The molecule has 0 saturated heterocycles. The van der Waals surface area contributed by atoms with Gasteiger partial charge in [0.25, 0.3) is 8.45 Å². The third kappa shape index (κ3) is 1.64. The molecule has 1 unspecified atom stereocenters. The van der Waals surface area contributed by atoms with E-state index in [-0.39, 0.29) is 0 Å². The Hall–Kier alpha value is -1.12. The molecule has 4 nitrogen and oxygen atoms in total. The fourth-order valence-electron chi connectivity index (χ4n) is 1.09. The van der Waals surface area contributed by atoms with Crippen LogP contribution in [-0.2, 0) is 0 Å². The predicted octanol–water partition coefficient (Wildman–Crippen LogP) is 1.10. The summed E-state index contributed by atoms with van der Waals surface area (Å²) in [6.45, 7) is 0. The molecule has 1 aromatic rings. The van der Waals surface area contributed by atoms with Gasteiger partial charge < -0.3 is 9.98 Å². The van der Waals surface area contributed by atoms with Gasteiger partial charge in [-0.2, -0.15) is 5.10 Å². The van der Waals surface area contributed by atoms with Crippen LogP contribution in [0.2, 0.25) is 0 Å². The van der Waals surface area contributed by atoms with Crippen LogP contribution < -0.4 is 5.09 Å². The second kappa shape index (κ2) is 3.32. The highest BCUT2D eigenvalue weighted by molar-refractivity contribution is 7.48. The van der Waals surface area contributed by atoms with Crippen LogP contribution in [-0.4, -0.2) is 22.6 Å². The summed E-state index contributed by atoms with van der Waals surface area (Å²) in [7, 11) is 0.435. The molecule has 0 aromatic heterocycles. The Morgan fingerprint density at radius 2 is 2.08 bits per heavy atom. The number of benzene rings is 1. The van der Waals surface area contributed by atoms with Crippen LogP contribution in [0, 0.1) is 0 Å². The zero-order valence-corrected chi connectivity index (χ0v) is 8.07. The average molecular weight is 195 g/mol. The van der Waals surface area contributed by atoms with Gasteiger partial charge in [-0.3, -0.25) is 0 Å². The van der Waals surface area contributed by atoms with Crippen LogP contribution in [0.5, 0.6) is 0 Å². The van der Waals surface area contributed by atoms with Gasteiger partial charge in [0.2, 0.25) is 0 Å². The molecular weight excluding hydrogens is 185 g/mol. The van der Waals surface area contributed by atoms with Gasteiger partial charge in [0.15, 0.2) is 5.84 Å². The molecule has 1 heterocycles. The van der Waals surface area contributed by atoms with Gasteiger partial charge >= 0.3 is 0 Å². The van der Waals surface area contributed by atoms with E-state index in [4.69, 9.17) is 0 Å². The number of nitrogens with one attached hydrogen (secondary N) is 1. The molecule has 0 fully saturated rings. The van der Waals surface area contributed by atoms with Gasteiger partial charge in [-0.05, 0) is 0 Å². The smallest absolute Gasteiger partial charge is 0.260 e. The number of hydrogen-bond donors (Lipinski definition) is 2. The van der Waals surface area contributed by atoms with Gasteiger partial charge in [0, 0.05) is 12.6 Å². The maximum atomic E-state index is 9.39. The predicted molar refractivity (Wildman–Crippen MR) is 53.0 cm³/mol. The van der Waals surface area contributed by atoms with Crippen LogP contribution in [0.3, 0.4) is 0 Å². The van der Waals surface area contributed by atoms with Crippen LogP contribution >= 0.6 is 8.45 Å². The van der Waals surface area contributed by atoms with Crippen LogP contribution in [0.25, 0.3) is 0 Å². The van der Waals surface area contributed by atoms with Gasteiger partial charge in [0.05, 0.1) is 0 Å². The highest BCUT2D eigenvalue weighted by Gasteiger charge is 2.21. The Labute approximate surface area is 77.8 Å². The van der Waals surface area contributed by atoms with Gasteiger partial charge in [-0.25, -0.2) is 4.78 Å². The van der Waals surface area contributed by atoms with Crippen molar-refractivity contribution < 1.29 is 4.89 Å². The SMILES string of the molecule is CN1N=C(c2ccccc2)NP1O. The van der Waals surface area contributed by atoms with Crippen molar-refractivity contribution >= 4 is 14.3 Å². The minimum Gasteiger partial charge on any atom is -0.338 e. The van der Waals surface area contributed by atoms with E-state index < -0.39 is 8.45 Å². The Morgan fingerprint density at radius 3 is 2.62 bits per heavy atom. The van der Waals surface area contributed by atoms with Crippen molar-refractivity contribution in [2.45, 2.75) is 0 Å². The highest BCUT2D eigenvalue weighted by Crippen LogP contribution is 2.34. The first-order chi connectivity index (χ1) is 6.27. The Balaban J connectivity index is 2.25. The van der Waals surface area contributed by atoms with Crippen molar-refractivity contribution in [3.8, 4) is 0 Å². The second-order valence-electron chi connectivity index (χ2n) is 2.71. The van der Waals surface area contributed by atoms with Crippen LogP contribution in [0.1, 0.15) is 5.56 Å². The molecule has 0 bridgehead atoms. The quantitative estimate of drug-likeness (QED) is 0.660. The molecule has 0 amide bonds. The maximum Gasteiger partial charge on any atom is 0.260 e. The number of hydrazone groups is 1. The summed E-state index contributed by atoms with van der Waals surface area (Å²) in [6.07, 6.45) is 0. The largest absolute Gasteiger partial charge is 0.338 e. The zero-order valence-electron chi connectivity index (χ0n) is 7.18. The summed E-state index contributed by atoms with van der Waals surface area (Å²) in [5.41, 5.74) is 0.994. The summed E-state index contributed by atoms with van der Waals surface area (Å²) in [4.78, 5) is 9.39. The molecule has 1 aliphatic rings. The van der Waals surface area contributed by atoms with Crippen LogP contribution in [0.15, 0.2) is 35.4 Å². The van der Waals surface area contributed by atoms with E-state index in [1.165, 1.54) is 4.78 Å². The normalized spacial score (nSPS) is 21.2. The summed E-state index contributed by atoms with van der Waals surface area (Å²) < 4.78 is 1.54. The average Bonchev–Trinajstić information content (AvgIpc) is 2.49. The van der Waals surface area contributed by atoms with E-state index in [0.29, 0.717) is 0 Å². The molecule has 0 saturated carbocycles. The molecule has 13 heavy (non-hydrogen) atoms. The lowest BCUT2D eigenvalue weighted by atomic mass is 10.2. The molecule has 1 aliphatic heterocycles. The lowest BCUT2D eigenvalue weighted by Gasteiger charge is -2.08. The Morgan fingerprint density at radius 1 is 1.38 bits per heavy atom. The third-order valence-electron chi connectivity index (χ3n) is 1.77. The van der Waals surface area contributed by atoms with Crippen molar-refractivity contribution in [1.29, 1.82) is 0 Å². The lowest BCUT2D eigenvalue weighted by molar-refractivity contribution is 0.502. The highest BCUT2D eigenvalue weighted by atomic mass is 31.2. The summed E-state index contributed by atoms with van der Waals surface area (Å²) in [5.74, 6) is 0.733. The van der Waals surface area contributed by atoms with Crippen molar-refractivity contribution in [1.82, 2.24) is 9.87 Å². The first-order valence-corrected chi connectivity index (χ1v) is 5.15. The van der Waals surface area contributed by atoms with E-state index in [9.17, 15) is 4.89 Å². The molecule has 5 heteroatoms. The van der Waals surface area contributed by atoms with Crippen molar-refractivity contribution in [2.24, 2.45) is 5.10 Å². The van der Waals surface area contributed by atoms with Crippen molar-refractivity contribution in [3.63, 3.8) is 0 Å². The molecule has 1 atom stereocenters. The van der Waals surface area contributed by atoms with Gasteiger partial charge in [0.1, 0.15) is 0 Å². The van der Waals surface area contributed by atoms with E-state index in [2.05, 4.69) is 10.2 Å². The zero-order chi connectivity index (χ0) is 9.26. The summed E-state index contributed by atoms with van der Waals surface area (Å²) in [6, 6.07) is 9.74. The minimum absolute atomic E-state index is 0.733. The molecule has 0 radical (unpaired) electrons. The number of nitrogens with zero attached hydrogens (tertiary/aromatic N) is 2. The second-order valence-corrected chi connectivity index (χ2v) is 4.09. The van der Waals surface area contributed by atoms with Crippen molar-refractivity contribution in [3.05, 3.63) is 35.9 Å². The van der Waals surface area contributed by atoms with Gasteiger partial charge in [-0.15, -0.1) is 0 Å². The molecule has 68 valence electrons. The number of hydrogen-bond acceptors (Lipinski definition) is 4. The fourth-order valence-corrected chi connectivity index (χ4v) is 1.78. The maximum absolute atomic E-state index is 9.39. The summed E-state index contributed by atoms with van der Waals surface area (Å²) >= 11 is 0. The Kier molecular flexibility index (Phi) is 2.17. The number of amidine groups is 1. The Bertz CT molecular complexity index is 327. The van der Waals surface area contributed by atoms with Gasteiger partial charge in [-0.1, -0.05) is 30.3 Å². The fraction of sp³-hybridized carbons (Fsp3) is 0.125. The molecule has 1 aromatic carbocycles. The van der Waals surface area contributed by atoms with Crippen LogP contribution in [0.4, 0.5) is 0 Å². The van der Waals surface area contributed by atoms with E-state index >= 15 is 0 Å². The first-order valence-electron chi connectivity index (χ1n) is 3.91. The molecule has 0 aliphatic carbocycles.